The third-order valence-electron chi connectivity index (χ3n) is 8.32. The molecule has 0 heterocycles. The third kappa shape index (κ3) is 7.07. The number of unbranched alkanes of at least 4 members (excludes halogenated alkanes) is 11. The second kappa shape index (κ2) is 14.4. The summed E-state index contributed by atoms with van der Waals surface area (Å²) in [6.45, 7) is 4.56. The third-order valence-corrected chi connectivity index (χ3v) is 8.32. The van der Waals surface area contributed by atoms with Gasteiger partial charge in [-0.25, -0.2) is 0 Å². The molecule has 4 rings (SSSR count). The van der Waals surface area contributed by atoms with Crippen molar-refractivity contribution < 1.29 is 5.11 Å². The second-order valence-corrected chi connectivity index (χ2v) is 11.2. The van der Waals surface area contributed by atoms with E-state index in [1.54, 1.807) is 0 Å². The maximum atomic E-state index is 11.1. The summed E-state index contributed by atoms with van der Waals surface area (Å²) in [6, 6.07) is 19.9. The molecule has 0 amide bonds. The molecule has 0 atom stereocenters. The lowest BCUT2D eigenvalue weighted by Gasteiger charge is -2.20. The Hall–Kier alpha value is -2.54. The molecule has 198 valence electrons. The topological polar surface area (TPSA) is 20.2 Å². The number of hydrogen-bond donors (Lipinski definition) is 1. The Morgan fingerprint density at radius 3 is 1.89 bits per heavy atom. The van der Waals surface area contributed by atoms with Crippen LogP contribution in [0.5, 0.6) is 5.75 Å². The van der Waals surface area contributed by atoms with Gasteiger partial charge in [-0.15, -0.1) is 0 Å². The lowest BCUT2D eigenvalue weighted by atomic mass is 9.85. The van der Waals surface area contributed by atoms with E-state index in [4.69, 9.17) is 0 Å². The zero-order valence-electron chi connectivity index (χ0n) is 23.5. The predicted octanol–water partition coefficient (Wildman–Crippen LogP) is 10.8. The van der Waals surface area contributed by atoms with Crippen molar-refractivity contribution in [1.82, 2.24) is 0 Å². The molecule has 0 saturated heterocycles. The van der Waals surface area contributed by atoms with E-state index in [2.05, 4.69) is 62.4 Å². The number of hydrogen-bond acceptors (Lipinski definition) is 1. The maximum Gasteiger partial charge on any atom is 0.119 e. The summed E-state index contributed by atoms with van der Waals surface area (Å²) >= 11 is 0. The average Bonchev–Trinajstić information content (AvgIpc) is 3.30. The molecular formula is C36H48O. The maximum absolute atomic E-state index is 11.1. The molecule has 3 aromatic rings. The van der Waals surface area contributed by atoms with E-state index in [9.17, 15) is 5.11 Å². The van der Waals surface area contributed by atoms with Gasteiger partial charge in [-0.05, 0) is 77.1 Å². The summed E-state index contributed by atoms with van der Waals surface area (Å²) in [7, 11) is 0. The highest BCUT2D eigenvalue weighted by Crippen LogP contribution is 2.45. The summed E-state index contributed by atoms with van der Waals surface area (Å²) < 4.78 is 0. The Balaban J connectivity index is 1.58. The number of phenolic OH excluding ortho intramolecular Hbond substituents is 1. The highest BCUT2D eigenvalue weighted by molar-refractivity contribution is 5.87. The van der Waals surface area contributed by atoms with E-state index in [0.717, 1.165) is 25.7 Å². The van der Waals surface area contributed by atoms with Crippen LogP contribution in [0.2, 0.25) is 0 Å². The van der Waals surface area contributed by atoms with Crippen LogP contribution in [0, 0.1) is 0 Å². The Kier molecular flexibility index (Phi) is 10.7. The molecule has 1 nitrogen and oxygen atoms in total. The van der Waals surface area contributed by atoms with Crippen molar-refractivity contribution in [3.8, 4) is 28.0 Å². The van der Waals surface area contributed by atoms with E-state index in [0.29, 0.717) is 5.75 Å². The summed E-state index contributed by atoms with van der Waals surface area (Å²) in [6.07, 6.45) is 20.0. The zero-order chi connectivity index (χ0) is 25.9. The second-order valence-electron chi connectivity index (χ2n) is 11.2. The van der Waals surface area contributed by atoms with Crippen molar-refractivity contribution in [1.29, 1.82) is 0 Å². The van der Waals surface area contributed by atoms with Crippen molar-refractivity contribution in [3.63, 3.8) is 0 Å². The van der Waals surface area contributed by atoms with Gasteiger partial charge in [0.15, 0.2) is 0 Å². The first kappa shape index (κ1) is 27.5. The molecule has 1 aliphatic carbocycles. The lowest BCUT2D eigenvalue weighted by molar-refractivity contribution is 0.466. The van der Waals surface area contributed by atoms with Gasteiger partial charge in [0.25, 0.3) is 0 Å². The number of phenols is 1. The number of rotatable bonds is 16. The summed E-state index contributed by atoms with van der Waals surface area (Å²) in [5.41, 5.74) is 10.9. The van der Waals surface area contributed by atoms with Gasteiger partial charge in [0.2, 0.25) is 0 Å². The molecule has 0 unspecified atom stereocenters. The van der Waals surface area contributed by atoms with Gasteiger partial charge in [0.05, 0.1) is 0 Å². The van der Waals surface area contributed by atoms with E-state index in [1.807, 2.05) is 6.07 Å². The fourth-order valence-electron chi connectivity index (χ4n) is 6.23. The fraction of sp³-hybridized carbons (Fsp3) is 0.500. The van der Waals surface area contributed by atoms with E-state index >= 15 is 0 Å². The number of aromatic hydroxyl groups is 1. The van der Waals surface area contributed by atoms with Crippen molar-refractivity contribution in [3.05, 3.63) is 76.9 Å². The van der Waals surface area contributed by atoms with Gasteiger partial charge < -0.3 is 5.11 Å². The highest BCUT2D eigenvalue weighted by Gasteiger charge is 2.24. The molecule has 0 aromatic heterocycles. The van der Waals surface area contributed by atoms with Crippen LogP contribution in [-0.2, 0) is 19.3 Å². The van der Waals surface area contributed by atoms with Crippen LogP contribution in [0.3, 0.4) is 0 Å². The number of fused-ring (bicyclic) bond motifs is 3. The first-order valence-electron chi connectivity index (χ1n) is 15.3. The van der Waals surface area contributed by atoms with Crippen molar-refractivity contribution in [2.45, 2.75) is 117 Å². The normalized spacial score (nSPS) is 12.1. The summed E-state index contributed by atoms with van der Waals surface area (Å²) in [5, 5.41) is 11.1. The van der Waals surface area contributed by atoms with Crippen LogP contribution in [0.25, 0.3) is 22.3 Å². The zero-order valence-corrected chi connectivity index (χ0v) is 23.5. The highest BCUT2D eigenvalue weighted by atomic mass is 16.3. The minimum absolute atomic E-state index is 0.487. The van der Waals surface area contributed by atoms with Crippen LogP contribution >= 0.6 is 0 Å². The smallest absolute Gasteiger partial charge is 0.119 e. The average molecular weight is 497 g/mol. The van der Waals surface area contributed by atoms with Gasteiger partial charge >= 0.3 is 0 Å². The molecule has 0 bridgehead atoms. The minimum atomic E-state index is 0.487. The van der Waals surface area contributed by atoms with Crippen molar-refractivity contribution in [2.24, 2.45) is 0 Å². The standard InChI is InChI=1S/C36H48O/c1-3-5-7-9-10-11-13-15-22-33-35(37)26-25-28(19-14-12-8-6-4-2)36(33)32-24-18-23-31-30-21-17-16-20-29(30)27-34(31)32/h16-18,20-21,23-26,37H,3-15,19,22,27H2,1-2H3. The van der Waals surface area contributed by atoms with Crippen molar-refractivity contribution in [2.75, 3.05) is 0 Å². The number of aryl methyl sites for hydroxylation is 1. The van der Waals surface area contributed by atoms with E-state index in [-0.39, 0.29) is 0 Å². The molecule has 0 fully saturated rings. The first-order chi connectivity index (χ1) is 18.2. The van der Waals surface area contributed by atoms with Crippen LogP contribution in [-0.4, -0.2) is 5.11 Å². The van der Waals surface area contributed by atoms with Crippen molar-refractivity contribution >= 4 is 0 Å². The Morgan fingerprint density at radius 2 is 1.16 bits per heavy atom. The Morgan fingerprint density at radius 1 is 0.568 bits per heavy atom. The molecule has 3 aromatic carbocycles. The monoisotopic (exact) mass is 496 g/mol. The SMILES string of the molecule is CCCCCCCCCCc1c(O)ccc(CCCCCCC)c1-c1cccc2c1Cc1ccccc1-2. The van der Waals surface area contributed by atoms with Crippen LogP contribution in [0.4, 0.5) is 0 Å². The molecule has 1 aliphatic rings. The van der Waals surface area contributed by atoms with Gasteiger partial charge in [-0.2, -0.15) is 0 Å². The molecule has 37 heavy (non-hydrogen) atoms. The molecule has 1 heteroatoms. The van der Waals surface area contributed by atoms with E-state index in [1.165, 1.54) is 122 Å². The molecule has 0 spiro atoms. The molecule has 0 saturated carbocycles. The van der Waals surface area contributed by atoms with E-state index < -0.39 is 0 Å². The Bertz CT molecular complexity index is 1130. The van der Waals surface area contributed by atoms with Gasteiger partial charge in [-0.1, -0.05) is 133 Å². The van der Waals surface area contributed by atoms with Crippen LogP contribution in [0.15, 0.2) is 54.6 Å². The molecular weight excluding hydrogens is 448 g/mol. The number of benzene rings is 3. The van der Waals surface area contributed by atoms with Gasteiger partial charge in [0, 0.05) is 5.56 Å². The quantitative estimate of drug-likeness (QED) is 0.153. The van der Waals surface area contributed by atoms with Crippen LogP contribution < -0.4 is 0 Å². The molecule has 0 radical (unpaired) electrons. The predicted molar refractivity (Wildman–Crippen MR) is 161 cm³/mol. The fourth-order valence-corrected chi connectivity index (χ4v) is 6.23. The first-order valence-corrected chi connectivity index (χ1v) is 15.3. The van der Waals surface area contributed by atoms with Gasteiger partial charge in [0.1, 0.15) is 5.75 Å². The summed E-state index contributed by atoms with van der Waals surface area (Å²) in [4.78, 5) is 0. The minimum Gasteiger partial charge on any atom is -0.508 e. The molecule has 0 aliphatic heterocycles. The Labute approximate surface area is 226 Å². The summed E-state index contributed by atoms with van der Waals surface area (Å²) in [5.74, 6) is 0.487. The van der Waals surface area contributed by atoms with Crippen LogP contribution in [0.1, 0.15) is 120 Å². The molecule has 1 N–H and O–H groups in total. The largest absolute Gasteiger partial charge is 0.508 e. The lowest BCUT2D eigenvalue weighted by Crippen LogP contribution is -2.01. The van der Waals surface area contributed by atoms with Gasteiger partial charge in [-0.3, -0.25) is 0 Å².